The molecule has 7 nitrogen and oxygen atoms in total. The van der Waals surface area contributed by atoms with E-state index < -0.39 is 17.5 Å². The Hall–Kier alpha value is -2.33. The molecule has 0 saturated heterocycles. The van der Waals surface area contributed by atoms with Gasteiger partial charge in [-0.1, -0.05) is 32.7 Å². The average molecular weight is 470 g/mol. The molecule has 0 aliphatic heterocycles. The molecular weight excluding hydrogens is 436 g/mol. The molecule has 32 heavy (non-hydrogen) atoms. The van der Waals surface area contributed by atoms with Crippen LogP contribution in [0.3, 0.4) is 0 Å². The van der Waals surface area contributed by atoms with Crippen molar-refractivity contribution in [3.63, 3.8) is 0 Å². The van der Waals surface area contributed by atoms with Gasteiger partial charge >= 0.3 is 0 Å². The highest BCUT2D eigenvalue weighted by Crippen LogP contribution is 2.27. The lowest BCUT2D eigenvalue weighted by atomic mass is 10.2. The first-order valence-corrected chi connectivity index (χ1v) is 11.7. The molecule has 1 aromatic carbocycles. The van der Waals surface area contributed by atoms with E-state index in [0.29, 0.717) is 24.4 Å². The number of amides is 1. The number of hydrogen-bond acceptors (Lipinski definition) is 7. The third-order valence-corrected chi connectivity index (χ3v) is 6.07. The van der Waals surface area contributed by atoms with Gasteiger partial charge in [0, 0.05) is 37.2 Å². The predicted octanol–water partition coefficient (Wildman–Crippen LogP) is 4.27. The number of carbonyl (C=O) groups is 1. The molecule has 1 amide bonds. The van der Waals surface area contributed by atoms with E-state index in [9.17, 15) is 13.6 Å². The second kappa shape index (κ2) is 12.6. The van der Waals surface area contributed by atoms with Crippen molar-refractivity contribution >= 4 is 35.4 Å². The number of carbonyl (C=O) groups excluding carboxylic acids is 1. The van der Waals surface area contributed by atoms with Crippen LogP contribution in [-0.2, 0) is 9.53 Å². The fraction of sp³-hybridized carbons (Fsp3) is 0.545. The maximum Gasteiger partial charge on any atom is 0.293 e. The molecule has 1 aliphatic rings. The van der Waals surface area contributed by atoms with E-state index in [1.54, 1.807) is 11.9 Å². The molecule has 1 aromatic rings. The molecule has 0 radical (unpaired) electrons. The maximum absolute atomic E-state index is 13.8. The number of anilines is 2. The van der Waals surface area contributed by atoms with E-state index in [2.05, 4.69) is 35.7 Å². The molecule has 0 spiro atoms. The topological polar surface area (TPSA) is 103 Å². The second-order valence-electron chi connectivity index (χ2n) is 7.82. The zero-order valence-electron chi connectivity index (χ0n) is 18.8. The van der Waals surface area contributed by atoms with Gasteiger partial charge < -0.3 is 26.5 Å². The van der Waals surface area contributed by atoms with Crippen LogP contribution in [0.4, 0.5) is 20.2 Å². The number of halogens is 2. The Kier molecular flexibility index (Phi) is 10.2. The lowest BCUT2D eigenvalue weighted by molar-refractivity contribution is -0.117. The summed E-state index contributed by atoms with van der Waals surface area (Å²) in [7, 11) is 0. The smallest absolute Gasteiger partial charge is 0.293 e. The van der Waals surface area contributed by atoms with Gasteiger partial charge in [0.15, 0.2) is 5.82 Å². The van der Waals surface area contributed by atoms with Gasteiger partial charge in [0.25, 0.3) is 5.91 Å². The predicted molar refractivity (Wildman–Crippen MR) is 127 cm³/mol. The summed E-state index contributed by atoms with van der Waals surface area (Å²) in [4.78, 5) is 13.0. The Balaban J connectivity index is 2.21. The lowest BCUT2D eigenvalue weighted by Crippen LogP contribution is -2.32. The lowest BCUT2D eigenvalue weighted by Gasteiger charge is -2.23. The van der Waals surface area contributed by atoms with Crippen LogP contribution in [0, 0.1) is 17.0 Å². The van der Waals surface area contributed by atoms with Gasteiger partial charge in [-0.15, -0.1) is 0 Å². The van der Waals surface area contributed by atoms with E-state index >= 15 is 0 Å². The Morgan fingerprint density at radius 2 is 2.06 bits per heavy atom. The first-order valence-electron chi connectivity index (χ1n) is 10.9. The van der Waals surface area contributed by atoms with Crippen molar-refractivity contribution in [2.45, 2.75) is 57.8 Å². The van der Waals surface area contributed by atoms with Crippen molar-refractivity contribution in [3.8, 4) is 0 Å². The summed E-state index contributed by atoms with van der Waals surface area (Å²) in [6, 6.07) is 1.60. The second-order valence-corrected chi connectivity index (χ2v) is 9.49. The fourth-order valence-electron chi connectivity index (χ4n) is 3.38. The maximum atomic E-state index is 13.8. The van der Waals surface area contributed by atoms with Crippen LogP contribution in [0.15, 0.2) is 23.6 Å². The van der Waals surface area contributed by atoms with Gasteiger partial charge in [0.05, 0.1) is 17.5 Å². The molecule has 0 bridgehead atoms. The molecule has 5 N–H and O–H groups in total. The van der Waals surface area contributed by atoms with Crippen molar-refractivity contribution in [1.82, 2.24) is 9.62 Å². The van der Waals surface area contributed by atoms with E-state index in [-0.39, 0.29) is 28.9 Å². The molecule has 0 unspecified atom stereocenters. The Morgan fingerprint density at radius 3 is 2.66 bits per heavy atom. The molecule has 2 rings (SSSR count). The summed E-state index contributed by atoms with van der Waals surface area (Å²) in [5, 5.41) is 13.8. The molecule has 1 saturated carbocycles. The van der Waals surface area contributed by atoms with E-state index in [0.717, 1.165) is 44.5 Å². The monoisotopic (exact) mass is 469 g/mol. The highest BCUT2D eigenvalue weighted by Gasteiger charge is 2.25. The van der Waals surface area contributed by atoms with Crippen molar-refractivity contribution in [3.05, 3.63) is 35.2 Å². The number of hydrogen-bond donors (Lipinski definition) is 4. The molecule has 0 aromatic heterocycles. The summed E-state index contributed by atoms with van der Waals surface area (Å²) < 4.78 is 35.6. The number of benzene rings is 1. The standard InChI is InChI=1S/C22H33F2N5O2S/c1-4-29(32-14(2)3)10-9-27-19(13-25)21(31-16-7-5-6-8-16)22(30)28-18-12-15(23)11-17(24)20(18)26/h11-14,16,25,27H,4-10,26H2,1-3H3,(H,28,30)/b21-19-,25-13?. The minimum atomic E-state index is -0.963. The highest BCUT2D eigenvalue weighted by molar-refractivity contribution is 7.97. The van der Waals surface area contributed by atoms with Gasteiger partial charge in [-0.25, -0.2) is 13.1 Å². The number of allylic oxidation sites excluding steroid dienone is 1. The SMILES string of the molecule is CCN(CCN/C(C=N)=C(\OC1CCCC1)C(=O)Nc1cc(F)cc(F)c1N)SC(C)C. The van der Waals surface area contributed by atoms with Crippen LogP contribution in [0.25, 0.3) is 0 Å². The molecule has 1 fully saturated rings. The molecule has 0 heterocycles. The van der Waals surface area contributed by atoms with Crippen molar-refractivity contribution in [2.24, 2.45) is 0 Å². The van der Waals surface area contributed by atoms with Crippen LogP contribution in [-0.4, -0.2) is 47.4 Å². The number of nitrogen functional groups attached to an aromatic ring is 1. The minimum Gasteiger partial charge on any atom is -0.483 e. The van der Waals surface area contributed by atoms with E-state index in [1.807, 2.05) is 0 Å². The van der Waals surface area contributed by atoms with Crippen LogP contribution in [0.1, 0.15) is 46.5 Å². The summed E-state index contributed by atoms with van der Waals surface area (Å²) in [6.45, 7) is 8.32. The number of nitrogens with two attached hydrogens (primary N) is 1. The minimum absolute atomic E-state index is 0.0875. The van der Waals surface area contributed by atoms with Gasteiger partial charge in [0.2, 0.25) is 5.76 Å². The third kappa shape index (κ3) is 7.67. The molecular formula is C22H33F2N5O2S. The van der Waals surface area contributed by atoms with Gasteiger partial charge in [0.1, 0.15) is 11.5 Å². The number of nitrogens with one attached hydrogen (secondary N) is 3. The fourth-order valence-corrected chi connectivity index (χ4v) is 4.32. The Bertz CT molecular complexity index is 829. The largest absolute Gasteiger partial charge is 0.483 e. The third-order valence-electron chi connectivity index (χ3n) is 4.91. The van der Waals surface area contributed by atoms with Crippen LogP contribution in [0.2, 0.25) is 0 Å². The van der Waals surface area contributed by atoms with Crippen LogP contribution < -0.4 is 16.4 Å². The molecule has 0 atom stereocenters. The van der Waals surface area contributed by atoms with Crippen LogP contribution in [0.5, 0.6) is 0 Å². The van der Waals surface area contributed by atoms with Crippen molar-refractivity contribution < 1.29 is 18.3 Å². The number of rotatable bonds is 12. The number of ether oxygens (including phenoxy) is 1. The molecule has 178 valence electrons. The zero-order chi connectivity index (χ0) is 23.7. The van der Waals surface area contributed by atoms with Gasteiger partial charge in [-0.3, -0.25) is 4.79 Å². The summed E-state index contributed by atoms with van der Waals surface area (Å²) in [5.74, 6) is -2.63. The first kappa shape index (κ1) is 25.9. The number of likely N-dealkylation sites (N-methyl/N-ethyl adjacent to an activating group) is 1. The van der Waals surface area contributed by atoms with E-state index in [4.69, 9.17) is 15.9 Å². The van der Waals surface area contributed by atoms with Crippen molar-refractivity contribution in [2.75, 3.05) is 30.7 Å². The molecule has 1 aliphatic carbocycles. The first-order chi connectivity index (χ1) is 15.2. The van der Waals surface area contributed by atoms with Gasteiger partial charge in [-0.05, 0) is 31.7 Å². The van der Waals surface area contributed by atoms with Crippen molar-refractivity contribution in [1.29, 1.82) is 5.41 Å². The normalized spacial score (nSPS) is 15.1. The number of nitrogens with zero attached hydrogens (tertiary/aromatic N) is 1. The summed E-state index contributed by atoms with van der Waals surface area (Å²) in [6.07, 6.45) is 4.45. The van der Waals surface area contributed by atoms with Gasteiger partial charge in [-0.2, -0.15) is 0 Å². The quantitative estimate of drug-likeness (QED) is 0.120. The summed E-state index contributed by atoms with van der Waals surface area (Å²) in [5.41, 5.74) is 5.31. The van der Waals surface area contributed by atoms with Crippen LogP contribution >= 0.6 is 11.9 Å². The van der Waals surface area contributed by atoms with E-state index in [1.165, 1.54) is 0 Å². The highest BCUT2D eigenvalue weighted by atomic mass is 32.2. The zero-order valence-corrected chi connectivity index (χ0v) is 19.7. The Morgan fingerprint density at radius 1 is 1.38 bits per heavy atom. The summed E-state index contributed by atoms with van der Waals surface area (Å²) >= 11 is 1.73. The molecule has 10 heteroatoms. The Labute approximate surface area is 192 Å². The average Bonchev–Trinajstić information content (AvgIpc) is 3.25.